The molecule has 0 bridgehead atoms. The summed E-state index contributed by atoms with van der Waals surface area (Å²) in [6.07, 6.45) is 2.53. The van der Waals surface area contributed by atoms with Crippen LogP contribution in [0.5, 0.6) is 0 Å². The van der Waals surface area contributed by atoms with E-state index in [9.17, 15) is 0 Å². The molecule has 0 saturated carbocycles. The van der Waals surface area contributed by atoms with Crippen molar-refractivity contribution in [3.8, 4) is 0 Å². The van der Waals surface area contributed by atoms with Crippen LogP contribution >= 0.6 is 23.4 Å². The highest BCUT2D eigenvalue weighted by Crippen LogP contribution is 2.33. The molecule has 2 heterocycles. The number of nitrogens with two attached hydrogens (primary N) is 1. The molecule has 0 radical (unpaired) electrons. The minimum Gasteiger partial charge on any atom is -0.404 e. The molecule has 0 aromatic heterocycles. The summed E-state index contributed by atoms with van der Waals surface area (Å²) in [6.45, 7) is 3.97. The van der Waals surface area contributed by atoms with Crippen molar-refractivity contribution >= 4 is 45.4 Å². The summed E-state index contributed by atoms with van der Waals surface area (Å²) >= 11 is 7.47. The van der Waals surface area contributed by atoms with E-state index in [-0.39, 0.29) is 5.04 Å². The molecule has 2 saturated heterocycles. The van der Waals surface area contributed by atoms with Gasteiger partial charge in [-0.3, -0.25) is 10.8 Å². The molecular formula is C18H23ClN6S. The average molecular weight is 391 g/mol. The van der Waals surface area contributed by atoms with Crippen LogP contribution < -0.4 is 5.73 Å². The lowest BCUT2D eigenvalue weighted by molar-refractivity contribution is 0.350. The molecule has 3 rings (SSSR count). The Morgan fingerprint density at radius 1 is 1.23 bits per heavy atom. The molecule has 2 fully saturated rings. The van der Waals surface area contributed by atoms with Crippen LogP contribution in [-0.2, 0) is 0 Å². The van der Waals surface area contributed by atoms with Crippen molar-refractivity contribution in [1.29, 1.82) is 16.2 Å². The third kappa shape index (κ3) is 3.79. The van der Waals surface area contributed by atoms with Gasteiger partial charge in [-0.25, -0.2) is 0 Å². The number of nitrogens with zero attached hydrogens (tertiary/aromatic N) is 2. The molecule has 2 aliphatic heterocycles. The Morgan fingerprint density at radius 3 is 2.42 bits per heavy atom. The molecule has 0 spiro atoms. The molecule has 1 aromatic carbocycles. The number of hydrogen-bond donors (Lipinski definition) is 4. The van der Waals surface area contributed by atoms with Crippen LogP contribution in [0, 0.1) is 28.1 Å². The lowest BCUT2D eigenvalue weighted by atomic mass is 10.0. The fourth-order valence-electron chi connectivity index (χ4n) is 3.72. The first-order valence-electron chi connectivity index (χ1n) is 8.44. The number of likely N-dealkylation sites (tertiary alicyclic amines) is 2. The zero-order valence-corrected chi connectivity index (χ0v) is 16.2. The van der Waals surface area contributed by atoms with Crippen molar-refractivity contribution < 1.29 is 0 Å². The predicted octanol–water partition coefficient (Wildman–Crippen LogP) is 2.78. The maximum atomic E-state index is 8.37. The Balaban J connectivity index is 1.65. The minimum atomic E-state index is 0.258. The fourth-order valence-corrected chi connectivity index (χ4v) is 4.81. The highest BCUT2D eigenvalue weighted by atomic mass is 35.5. The van der Waals surface area contributed by atoms with Gasteiger partial charge in [0.2, 0.25) is 0 Å². The second kappa shape index (κ2) is 7.82. The topological polar surface area (TPSA) is 104 Å². The normalized spacial score (nSPS) is 23.2. The third-order valence-corrected chi connectivity index (χ3v) is 6.23. The predicted molar refractivity (Wildman–Crippen MR) is 111 cm³/mol. The quantitative estimate of drug-likeness (QED) is 0.470. The first kappa shape index (κ1) is 18.9. The van der Waals surface area contributed by atoms with Gasteiger partial charge < -0.3 is 20.9 Å². The molecule has 138 valence electrons. The Morgan fingerprint density at radius 2 is 1.88 bits per heavy atom. The minimum absolute atomic E-state index is 0.258. The zero-order valence-electron chi connectivity index (χ0n) is 14.6. The molecule has 2 atom stereocenters. The van der Waals surface area contributed by atoms with Gasteiger partial charge >= 0.3 is 0 Å². The molecule has 2 unspecified atom stereocenters. The number of amidine groups is 1. The van der Waals surface area contributed by atoms with Crippen LogP contribution in [0.15, 0.2) is 24.4 Å². The van der Waals surface area contributed by atoms with Crippen LogP contribution in [0.3, 0.4) is 0 Å². The number of fused-ring (bicyclic) bond motifs is 1. The van der Waals surface area contributed by atoms with Crippen molar-refractivity contribution in [2.75, 3.05) is 33.2 Å². The summed E-state index contributed by atoms with van der Waals surface area (Å²) in [5, 5.41) is 25.2. The van der Waals surface area contributed by atoms with E-state index in [1.807, 2.05) is 0 Å². The zero-order chi connectivity index (χ0) is 18.8. The van der Waals surface area contributed by atoms with E-state index in [4.69, 9.17) is 33.6 Å². The summed E-state index contributed by atoms with van der Waals surface area (Å²) in [7, 11) is 2.15. The molecule has 1 aromatic rings. The number of hydrogen-bond acceptors (Lipinski definition) is 6. The summed E-state index contributed by atoms with van der Waals surface area (Å²) in [5.41, 5.74) is 7.40. The maximum Gasteiger partial charge on any atom is 0.162 e. The van der Waals surface area contributed by atoms with Crippen molar-refractivity contribution in [3.63, 3.8) is 0 Å². The number of nitrogens with one attached hydrogen (secondary N) is 3. The van der Waals surface area contributed by atoms with E-state index in [0.717, 1.165) is 43.5 Å². The molecule has 0 aliphatic carbocycles. The number of benzene rings is 1. The summed E-state index contributed by atoms with van der Waals surface area (Å²) < 4.78 is 0. The number of halogens is 1. The van der Waals surface area contributed by atoms with Gasteiger partial charge in [-0.05, 0) is 42.3 Å². The lowest BCUT2D eigenvalue weighted by Gasteiger charge is -2.21. The van der Waals surface area contributed by atoms with Gasteiger partial charge in [0.1, 0.15) is 5.04 Å². The van der Waals surface area contributed by atoms with Gasteiger partial charge in [-0.2, -0.15) is 0 Å². The van der Waals surface area contributed by atoms with Crippen LogP contribution in [0.2, 0.25) is 5.02 Å². The molecule has 26 heavy (non-hydrogen) atoms. The second-order valence-corrected chi connectivity index (χ2v) is 8.25. The largest absolute Gasteiger partial charge is 0.404 e. The van der Waals surface area contributed by atoms with Crippen LogP contribution in [0.4, 0.5) is 0 Å². The average Bonchev–Trinajstić information content (AvgIpc) is 3.13. The van der Waals surface area contributed by atoms with Crippen molar-refractivity contribution in [3.05, 3.63) is 40.5 Å². The Kier molecular flexibility index (Phi) is 5.70. The molecule has 6 nitrogen and oxygen atoms in total. The van der Waals surface area contributed by atoms with Gasteiger partial charge in [0.15, 0.2) is 5.17 Å². The lowest BCUT2D eigenvalue weighted by Crippen LogP contribution is -2.30. The fraction of sp³-hybridized carbons (Fsp3) is 0.389. The van der Waals surface area contributed by atoms with E-state index in [2.05, 4.69) is 16.8 Å². The van der Waals surface area contributed by atoms with Gasteiger partial charge in [0, 0.05) is 49.7 Å². The summed E-state index contributed by atoms with van der Waals surface area (Å²) in [4.78, 5) is 4.43. The SMILES string of the molecule is CN1CC2CN(C(=N)SC(=N)c3ccc(/C(C=N)=C/N)cc3Cl)CC2C1. The molecule has 2 aliphatic rings. The molecular weight excluding hydrogens is 368 g/mol. The number of allylic oxidation sites excluding steroid dienone is 1. The maximum absolute atomic E-state index is 8.37. The van der Waals surface area contributed by atoms with E-state index in [1.165, 1.54) is 12.4 Å². The summed E-state index contributed by atoms with van der Waals surface area (Å²) in [5.74, 6) is 1.25. The van der Waals surface area contributed by atoms with Gasteiger partial charge in [0.05, 0.1) is 5.02 Å². The van der Waals surface area contributed by atoms with E-state index in [0.29, 0.717) is 33.2 Å². The monoisotopic (exact) mass is 390 g/mol. The molecule has 0 amide bonds. The second-order valence-electron chi connectivity index (χ2n) is 6.84. The van der Waals surface area contributed by atoms with Crippen LogP contribution in [0.25, 0.3) is 5.57 Å². The third-order valence-electron chi connectivity index (χ3n) is 5.04. The van der Waals surface area contributed by atoms with Crippen LogP contribution in [0.1, 0.15) is 11.1 Å². The Bertz CT molecular complexity index is 763. The molecule has 5 N–H and O–H groups in total. The van der Waals surface area contributed by atoms with E-state index >= 15 is 0 Å². The van der Waals surface area contributed by atoms with Gasteiger partial charge in [-0.1, -0.05) is 23.7 Å². The first-order valence-corrected chi connectivity index (χ1v) is 9.63. The standard InChI is InChI=1S/C18H23ClN6S/c1-24-7-13-9-25(10-14(13)8-24)18(23)26-17(22)15-3-2-11(4-16(15)19)12(5-20)6-21/h2-6,13-14,20,22-23H,7-10,21H2,1H3/b12-6+,20-5?,22-17?,23-18?. The summed E-state index contributed by atoms with van der Waals surface area (Å²) in [6, 6.07) is 5.25. The van der Waals surface area contributed by atoms with E-state index < -0.39 is 0 Å². The Hall–Kier alpha value is -1.83. The molecule has 8 heteroatoms. The van der Waals surface area contributed by atoms with Gasteiger partial charge in [-0.15, -0.1) is 0 Å². The number of rotatable bonds is 3. The van der Waals surface area contributed by atoms with Gasteiger partial charge in [0.25, 0.3) is 0 Å². The highest BCUT2D eigenvalue weighted by molar-refractivity contribution is 8.26. The highest BCUT2D eigenvalue weighted by Gasteiger charge is 2.39. The van der Waals surface area contributed by atoms with Crippen LogP contribution in [-0.4, -0.2) is 59.5 Å². The Labute approximate surface area is 162 Å². The number of thioether (sulfide) groups is 1. The smallest absolute Gasteiger partial charge is 0.162 e. The first-order chi connectivity index (χ1) is 12.4. The van der Waals surface area contributed by atoms with Crippen molar-refractivity contribution in [2.24, 2.45) is 17.6 Å². The van der Waals surface area contributed by atoms with E-state index in [1.54, 1.807) is 18.2 Å². The van der Waals surface area contributed by atoms with Crippen molar-refractivity contribution in [2.45, 2.75) is 0 Å². The van der Waals surface area contributed by atoms with Crippen molar-refractivity contribution in [1.82, 2.24) is 9.80 Å².